The largest absolute Gasteiger partial charge is 0.314 e. The summed E-state index contributed by atoms with van der Waals surface area (Å²) in [6.07, 6.45) is 4.62. The molecule has 3 heteroatoms. The molecule has 0 fully saturated rings. The Labute approximate surface area is 105 Å². The fourth-order valence-corrected chi connectivity index (χ4v) is 2.12. The summed E-state index contributed by atoms with van der Waals surface area (Å²) in [4.78, 5) is 8.83. The van der Waals surface area contributed by atoms with E-state index >= 15 is 0 Å². The topological polar surface area (TPSA) is 37.8 Å². The van der Waals surface area contributed by atoms with Crippen LogP contribution in [0.4, 0.5) is 0 Å². The number of nitrogens with one attached hydrogen (secondary N) is 1. The quantitative estimate of drug-likeness (QED) is 0.789. The molecule has 0 aliphatic heterocycles. The molecule has 0 aliphatic rings. The zero-order valence-electron chi connectivity index (χ0n) is 11.6. The third kappa shape index (κ3) is 5.26. The summed E-state index contributed by atoms with van der Waals surface area (Å²) in [5.41, 5.74) is 2.23. The lowest BCUT2D eigenvalue weighted by Crippen LogP contribution is -2.32. The molecule has 1 aromatic rings. The highest BCUT2D eigenvalue weighted by atomic mass is 14.9. The van der Waals surface area contributed by atoms with Crippen LogP contribution in [0.1, 0.15) is 50.3 Å². The van der Waals surface area contributed by atoms with Gasteiger partial charge in [-0.25, -0.2) is 9.97 Å². The van der Waals surface area contributed by atoms with Crippen molar-refractivity contribution in [2.75, 3.05) is 6.54 Å². The van der Waals surface area contributed by atoms with Gasteiger partial charge in [-0.2, -0.15) is 0 Å². The van der Waals surface area contributed by atoms with Crippen LogP contribution in [-0.2, 0) is 6.42 Å². The first-order valence-corrected chi connectivity index (χ1v) is 6.70. The summed E-state index contributed by atoms with van der Waals surface area (Å²) in [6, 6.07) is 2.65. The lowest BCUT2D eigenvalue weighted by atomic mass is 10.1. The van der Waals surface area contributed by atoms with Crippen molar-refractivity contribution in [1.29, 1.82) is 0 Å². The molecule has 0 saturated carbocycles. The first-order chi connectivity index (χ1) is 8.15. The SMILES string of the molecule is CCCNC(CCC)Cc1cc(C)nc(C)n1. The fourth-order valence-electron chi connectivity index (χ4n) is 2.12. The molecule has 17 heavy (non-hydrogen) atoms. The Bertz CT molecular complexity index is 316. The molecular formula is C14H25N3. The van der Waals surface area contributed by atoms with Crippen LogP contribution in [0.15, 0.2) is 6.07 Å². The van der Waals surface area contributed by atoms with Gasteiger partial charge in [0.25, 0.3) is 0 Å². The Morgan fingerprint density at radius 3 is 2.53 bits per heavy atom. The Morgan fingerprint density at radius 2 is 1.94 bits per heavy atom. The maximum Gasteiger partial charge on any atom is 0.125 e. The van der Waals surface area contributed by atoms with Crippen LogP contribution in [0.2, 0.25) is 0 Å². The molecule has 1 aromatic heterocycles. The van der Waals surface area contributed by atoms with Crippen molar-refractivity contribution in [2.24, 2.45) is 0 Å². The highest BCUT2D eigenvalue weighted by molar-refractivity contribution is 5.10. The van der Waals surface area contributed by atoms with Gasteiger partial charge in [0, 0.05) is 23.9 Å². The van der Waals surface area contributed by atoms with Crippen LogP contribution >= 0.6 is 0 Å². The minimum atomic E-state index is 0.550. The van der Waals surface area contributed by atoms with E-state index in [4.69, 9.17) is 0 Å². The zero-order valence-corrected chi connectivity index (χ0v) is 11.6. The fraction of sp³-hybridized carbons (Fsp3) is 0.714. The summed E-state index contributed by atoms with van der Waals surface area (Å²) in [6.45, 7) is 9.52. The van der Waals surface area contributed by atoms with E-state index in [1.54, 1.807) is 0 Å². The molecule has 96 valence electrons. The Balaban J connectivity index is 2.63. The van der Waals surface area contributed by atoms with E-state index in [9.17, 15) is 0 Å². The summed E-state index contributed by atoms with van der Waals surface area (Å²) >= 11 is 0. The van der Waals surface area contributed by atoms with Crippen molar-refractivity contribution < 1.29 is 0 Å². The maximum atomic E-state index is 4.51. The Kier molecular flexibility index (Phi) is 6.12. The van der Waals surface area contributed by atoms with Gasteiger partial charge in [0.15, 0.2) is 0 Å². The number of aromatic nitrogens is 2. The van der Waals surface area contributed by atoms with E-state index in [1.165, 1.54) is 19.3 Å². The number of nitrogens with zero attached hydrogens (tertiary/aromatic N) is 2. The normalized spacial score (nSPS) is 12.7. The van der Waals surface area contributed by atoms with Gasteiger partial charge in [-0.3, -0.25) is 0 Å². The van der Waals surface area contributed by atoms with Crippen LogP contribution in [0.25, 0.3) is 0 Å². The number of hydrogen-bond donors (Lipinski definition) is 1. The summed E-state index contributed by atoms with van der Waals surface area (Å²) < 4.78 is 0. The average Bonchev–Trinajstić information content (AvgIpc) is 2.24. The molecule has 0 aliphatic carbocycles. The Hall–Kier alpha value is -0.960. The lowest BCUT2D eigenvalue weighted by Gasteiger charge is -2.17. The van der Waals surface area contributed by atoms with Gasteiger partial charge in [-0.05, 0) is 39.3 Å². The highest BCUT2D eigenvalue weighted by Crippen LogP contribution is 2.07. The number of rotatable bonds is 7. The van der Waals surface area contributed by atoms with Crippen LogP contribution in [0, 0.1) is 13.8 Å². The molecule has 1 atom stereocenters. The van der Waals surface area contributed by atoms with Crippen LogP contribution < -0.4 is 5.32 Å². The zero-order chi connectivity index (χ0) is 12.7. The van der Waals surface area contributed by atoms with Crippen molar-refractivity contribution in [1.82, 2.24) is 15.3 Å². The van der Waals surface area contributed by atoms with E-state index < -0.39 is 0 Å². The minimum Gasteiger partial charge on any atom is -0.314 e. The molecule has 0 bridgehead atoms. The van der Waals surface area contributed by atoms with Crippen LogP contribution in [-0.4, -0.2) is 22.6 Å². The average molecular weight is 235 g/mol. The monoisotopic (exact) mass is 235 g/mol. The van der Waals surface area contributed by atoms with Crippen LogP contribution in [0.5, 0.6) is 0 Å². The van der Waals surface area contributed by atoms with Crippen LogP contribution in [0.3, 0.4) is 0 Å². The highest BCUT2D eigenvalue weighted by Gasteiger charge is 2.09. The van der Waals surface area contributed by atoms with Crippen molar-refractivity contribution in [3.05, 3.63) is 23.3 Å². The summed E-state index contributed by atoms with van der Waals surface area (Å²) in [5.74, 6) is 0.880. The smallest absolute Gasteiger partial charge is 0.125 e. The van der Waals surface area contributed by atoms with Gasteiger partial charge < -0.3 is 5.32 Å². The van der Waals surface area contributed by atoms with Crippen molar-refractivity contribution in [2.45, 2.75) is 59.4 Å². The number of hydrogen-bond acceptors (Lipinski definition) is 3. The minimum absolute atomic E-state index is 0.550. The van der Waals surface area contributed by atoms with E-state index in [0.717, 1.165) is 30.2 Å². The van der Waals surface area contributed by atoms with Gasteiger partial charge in [0.1, 0.15) is 5.82 Å². The van der Waals surface area contributed by atoms with E-state index in [1.807, 2.05) is 13.8 Å². The van der Waals surface area contributed by atoms with Gasteiger partial charge >= 0.3 is 0 Å². The van der Waals surface area contributed by atoms with Crippen molar-refractivity contribution in [3.8, 4) is 0 Å². The molecule has 1 N–H and O–H groups in total. The molecule has 0 radical (unpaired) electrons. The number of aryl methyl sites for hydroxylation is 2. The maximum absolute atomic E-state index is 4.51. The molecule has 0 spiro atoms. The first-order valence-electron chi connectivity index (χ1n) is 6.70. The molecular weight excluding hydrogens is 210 g/mol. The van der Waals surface area contributed by atoms with E-state index in [-0.39, 0.29) is 0 Å². The van der Waals surface area contributed by atoms with Gasteiger partial charge in [0.2, 0.25) is 0 Å². The van der Waals surface area contributed by atoms with Gasteiger partial charge in [0.05, 0.1) is 0 Å². The molecule has 1 rings (SSSR count). The summed E-state index contributed by atoms with van der Waals surface area (Å²) in [7, 11) is 0. The van der Waals surface area contributed by atoms with E-state index in [0.29, 0.717) is 6.04 Å². The van der Waals surface area contributed by atoms with Gasteiger partial charge in [-0.1, -0.05) is 20.3 Å². The molecule has 0 amide bonds. The predicted molar refractivity (Wildman–Crippen MR) is 72.2 cm³/mol. The second kappa shape index (κ2) is 7.38. The standard InChI is InChI=1S/C14H25N3/c1-5-7-13(15-8-6-2)10-14-9-11(3)16-12(4)17-14/h9,13,15H,5-8,10H2,1-4H3. The van der Waals surface area contributed by atoms with Crippen molar-refractivity contribution >= 4 is 0 Å². The second-order valence-corrected chi connectivity index (χ2v) is 4.69. The third-order valence-electron chi connectivity index (χ3n) is 2.79. The van der Waals surface area contributed by atoms with E-state index in [2.05, 4.69) is 35.2 Å². The molecule has 1 heterocycles. The first kappa shape index (κ1) is 14.1. The predicted octanol–water partition coefficient (Wildman–Crippen LogP) is 2.80. The Morgan fingerprint density at radius 1 is 1.18 bits per heavy atom. The molecule has 0 aromatic carbocycles. The van der Waals surface area contributed by atoms with Crippen molar-refractivity contribution in [3.63, 3.8) is 0 Å². The molecule has 3 nitrogen and oxygen atoms in total. The third-order valence-corrected chi connectivity index (χ3v) is 2.79. The molecule has 0 saturated heterocycles. The van der Waals surface area contributed by atoms with Gasteiger partial charge in [-0.15, -0.1) is 0 Å². The molecule has 1 unspecified atom stereocenters. The lowest BCUT2D eigenvalue weighted by molar-refractivity contribution is 0.468. The summed E-state index contributed by atoms with van der Waals surface area (Å²) in [5, 5.41) is 3.60. The second-order valence-electron chi connectivity index (χ2n) is 4.69.